The van der Waals surface area contributed by atoms with Gasteiger partial charge in [0.15, 0.2) is 14.7 Å². The van der Waals surface area contributed by atoms with E-state index >= 15 is 0 Å². The van der Waals surface area contributed by atoms with E-state index in [4.69, 9.17) is 0 Å². The molecular formula is C18H13ClF2S. The van der Waals surface area contributed by atoms with Crippen LogP contribution in [-0.4, -0.2) is 0 Å². The maximum atomic E-state index is 13.2. The Labute approximate surface area is 137 Å². The highest BCUT2D eigenvalue weighted by Gasteiger charge is 2.28. The van der Waals surface area contributed by atoms with Crippen molar-refractivity contribution in [2.45, 2.75) is 14.7 Å². The van der Waals surface area contributed by atoms with Gasteiger partial charge in [0.05, 0.1) is 10.9 Å². The van der Waals surface area contributed by atoms with Crippen molar-refractivity contribution in [2.24, 2.45) is 0 Å². The molecule has 0 fully saturated rings. The average molecular weight is 335 g/mol. The highest BCUT2D eigenvalue weighted by Crippen LogP contribution is 2.31. The first kappa shape index (κ1) is 16.5. The van der Waals surface area contributed by atoms with E-state index in [0.717, 1.165) is 14.7 Å². The lowest BCUT2D eigenvalue weighted by Crippen LogP contribution is -3.00. The summed E-state index contributed by atoms with van der Waals surface area (Å²) in [5, 5.41) is 0. The van der Waals surface area contributed by atoms with Crippen LogP contribution in [0.15, 0.2) is 93.5 Å². The van der Waals surface area contributed by atoms with Gasteiger partial charge in [0, 0.05) is 0 Å². The van der Waals surface area contributed by atoms with E-state index in [1.54, 1.807) is 24.3 Å². The van der Waals surface area contributed by atoms with E-state index in [2.05, 4.69) is 0 Å². The lowest BCUT2D eigenvalue weighted by atomic mass is 10.3. The van der Waals surface area contributed by atoms with Gasteiger partial charge in [-0.25, -0.2) is 8.78 Å². The molecule has 0 atom stereocenters. The van der Waals surface area contributed by atoms with Crippen molar-refractivity contribution >= 4 is 10.9 Å². The average Bonchev–Trinajstić information content (AvgIpc) is 2.52. The zero-order valence-electron chi connectivity index (χ0n) is 11.5. The first-order valence-electron chi connectivity index (χ1n) is 6.54. The molecule has 0 amide bonds. The van der Waals surface area contributed by atoms with Gasteiger partial charge in [0.2, 0.25) is 0 Å². The zero-order chi connectivity index (χ0) is 14.7. The van der Waals surface area contributed by atoms with Crippen LogP contribution in [0.3, 0.4) is 0 Å². The summed E-state index contributed by atoms with van der Waals surface area (Å²) >= 11 is 0. The molecule has 0 saturated carbocycles. The van der Waals surface area contributed by atoms with Gasteiger partial charge in [0.1, 0.15) is 11.6 Å². The fraction of sp³-hybridized carbons (Fsp3) is 0. The van der Waals surface area contributed by atoms with Crippen molar-refractivity contribution in [2.75, 3.05) is 0 Å². The Hall–Kier alpha value is -1.84. The van der Waals surface area contributed by atoms with Gasteiger partial charge in [-0.2, -0.15) is 0 Å². The highest BCUT2D eigenvalue weighted by atomic mass is 35.5. The van der Waals surface area contributed by atoms with Crippen LogP contribution in [0.1, 0.15) is 0 Å². The fourth-order valence-corrected chi connectivity index (χ4v) is 4.17. The summed E-state index contributed by atoms with van der Waals surface area (Å²) in [4.78, 5) is 3.14. The molecule has 22 heavy (non-hydrogen) atoms. The summed E-state index contributed by atoms with van der Waals surface area (Å²) in [6.45, 7) is 0. The van der Waals surface area contributed by atoms with Crippen LogP contribution in [0.5, 0.6) is 0 Å². The quantitative estimate of drug-likeness (QED) is 0.643. The second-order valence-electron chi connectivity index (χ2n) is 4.53. The summed E-state index contributed by atoms with van der Waals surface area (Å²) in [6.07, 6.45) is 0. The Morgan fingerprint density at radius 3 is 1.27 bits per heavy atom. The molecule has 0 bridgehead atoms. The van der Waals surface area contributed by atoms with Crippen molar-refractivity contribution in [3.63, 3.8) is 0 Å². The molecule has 3 rings (SSSR count). The van der Waals surface area contributed by atoms with Gasteiger partial charge < -0.3 is 12.4 Å². The van der Waals surface area contributed by atoms with Gasteiger partial charge in [-0.05, 0) is 60.7 Å². The summed E-state index contributed by atoms with van der Waals surface area (Å²) in [5.74, 6) is -0.510. The van der Waals surface area contributed by atoms with E-state index in [-0.39, 0.29) is 34.9 Å². The maximum absolute atomic E-state index is 13.2. The number of benzene rings is 3. The third-order valence-corrected chi connectivity index (χ3v) is 5.31. The van der Waals surface area contributed by atoms with E-state index in [0.29, 0.717) is 0 Å². The van der Waals surface area contributed by atoms with Gasteiger partial charge in [-0.3, -0.25) is 0 Å². The van der Waals surface area contributed by atoms with Crippen molar-refractivity contribution in [3.05, 3.63) is 90.5 Å². The van der Waals surface area contributed by atoms with E-state index in [9.17, 15) is 8.78 Å². The molecule has 3 aromatic rings. The van der Waals surface area contributed by atoms with E-state index in [1.807, 2.05) is 30.3 Å². The van der Waals surface area contributed by atoms with Crippen LogP contribution in [0, 0.1) is 11.6 Å². The summed E-state index contributed by atoms with van der Waals surface area (Å²) in [5.41, 5.74) is 0. The SMILES string of the molecule is Fc1ccc([S+](c2ccccc2)c2ccc(F)cc2)cc1.[Cl-]. The van der Waals surface area contributed by atoms with Crippen molar-refractivity contribution in [3.8, 4) is 0 Å². The summed E-state index contributed by atoms with van der Waals surface area (Å²) < 4.78 is 26.3. The molecule has 3 aromatic carbocycles. The maximum Gasteiger partial charge on any atom is 0.166 e. The minimum Gasteiger partial charge on any atom is -1.00 e. The lowest BCUT2D eigenvalue weighted by molar-refractivity contribution is -0.00000538. The molecule has 0 radical (unpaired) electrons. The van der Waals surface area contributed by atoms with Crippen molar-refractivity contribution in [1.82, 2.24) is 0 Å². The van der Waals surface area contributed by atoms with Crippen LogP contribution in [-0.2, 0) is 10.9 Å². The largest absolute Gasteiger partial charge is 1.00 e. The Kier molecular flexibility index (Phi) is 5.58. The second kappa shape index (κ2) is 7.43. The molecule has 0 spiro atoms. The molecule has 0 aliphatic rings. The van der Waals surface area contributed by atoms with Crippen molar-refractivity contribution < 1.29 is 21.2 Å². The Morgan fingerprint density at radius 2 is 0.864 bits per heavy atom. The highest BCUT2D eigenvalue weighted by molar-refractivity contribution is 7.97. The predicted molar refractivity (Wildman–Crippen MR) is 81.4 cm³/mol. The van der Waals surface area contributed by atoms with E-state index < -0.39 is 0 Å². The Balaban J connectivity index is 0.00000176. The molecule has 0 unspecified atom stereocenters. The minimum absolute atomic E-state index is 0. The molecule has 0 aliphatic heterocycles. The topological polar surface area (TPSA) is 0 Å². The third-order valence-electron chi connectivity index (χ3n) is 3.08. The molecule has 0 aromatic heterocycles. The zero-order valence-corrected chi connectivity index (χ0v) is 13.1. The van der Waals surface area contributed by atoms with Crippen LogP contribution >= 0.6 is 0 Å². The normalized spacial score (nSPS) is 10.3. The lowest BCUT2D eigenvalue weighted by Gasteiger charge is -2.07. The number of hydrogen-bond acceptors (Lipinski definition) is 0. The Bertz CT molecular complexity index is 667. The standard InChI is InChI=1S/C18H13F2S.ClH/c19-14-6-10-17(11-7-14)21(16-4-2-1-3-5-16)18-12-8-15(20)9-13-18;/h1-13H;1H/q+1;/p-1. The van der Waals surface area contributed by atoms with Crippen LogP contribution in [0.25, 0.3) is 0 Å². The second-order valence-corrected chi connectivity index (χ2v) is 6.55. The molecule has 0 aliphatic carbocycles. The molecule has 0 heterocycles. The number of rotatable bonds is 3. The fourth-order valence-electron chi connectivity index (χ4n) is 2.11. The molecule has 112 valence electrons. The first-order chi connectivity index (χ1) is 10.2. The predicted octanol–water partition coefficient (Wildman–Crippen LogP) is 2.06. The number of halogens is 3. The van der Waals surface area contributed by atoms with Crippen LogP contribution < -0.4 is 12.4 Å². The van der Waals surface area contributed by atoms with Crippen LogP contribution in [0.2, 0.25) is 0 Å². The van der Waals surface area contributed by atoms with Gasteiger partial charge in [-0.1, -0.05) is 18.2 Å². The molecule has 4 heteroatoms. The smallest absolute Gasteiger partial charge is 0.166 e. The van der Waals surface area contributed by atoms with Crippen molar-refractivity contribution in [1.29, 1.82) is 0 Å². The van der Waals surface area contributed by atoms with Gasteiger partial charge in [0.25, 0.3) is 0 Å². The van der Waals surface area contributed by atoms with Gasteiger partial charge in [-0.15, -0.1) is 0 Å². The third kappa shape index (κ3) is 3.67. The Morgan fingerprint density at radius 1 is 0.500 bits per heavy atom. The molecular weight excluding hydrogens is 322 g/mol. The summed E-state index contributed by atoms with van der Waals surface area (Å²) in [6, 6.07) is 23.0. The number of hydrogen-bond donors (Lipinski definition) is 0. The van der Waals surface area contributed by atoms with E-state index in [1.165, 1.54) is 24.3 Å². The minimum atomic E-state index is -0.365. The first-order valence-corrected chi connectivity index (χ1v) is 7.77. The van der Waals surface area contributed by atoms with Gasteiger partial charge >= 0.3 is 0 Å². The molecule has 0 nitrogen and oxygen atoms in total. The molecule has 0 N–H and O–H groups in total. The molecule has 0 saturated heterocycles. The monoisotopic (exact) mass is 334 g/mol. The summed E-state index contributed by atoms with van der Waals surface area (Å²) in [7, 11) is -0.365. The van der Waals surface area contributed by atoms with Crippen LogP contribution in [0.4, 0.5) is 8.78 Å².